The molecule has 0 aliphatic rings. The molecule has 3 aromatic rings. The molecule has 1 aromatic heterocycles. The van der Waals surface area contributed by atoms with Crippen LogP contribution in [-0.2, 0) is 0 Å². The van der Waals surface area contributed by atoms with E-state index in [0.29, 0.717) is 16.5 Å². The van der Waals surface area contributed by atoms with Gasteiger partial charge < -0.3 is 14.9 Å². The normalized spacial score (nSPS) is 10.5. The predicted octanol–water partition coefficient (Wildman–Crippen LogP) is 4.26. The van der Waals surface area contributed by atoms with E-state index in [1.807, 2.05) is 6.92 Å². The van der Waals surface area contributed by atoms with Crippen molar-refractivity contribution in [2.45, 2.75) is 6.92 Å². The molecule has 3 rings (SSSR count). The van der Waals surface area contributed by atoms with E-state index in [9.17, 15) is 9.90 Å². The fourth-order valence-electron chi connectivity index (χ4n) is 2.07. The lowest BCUT2D eigenvalue weighted by Crippen LogP contribution is -2.12. The summed E-state index contributed by atoms with van der Waals surface area (Å²) in [6.45, 7) is 1.86. The van der Waals surface area contributed by atoms with Crippen LogP contribution in [0.2, 0.25) is 5.02 Å². The Bertz CT molecular complexity index is 857. The van der Waals surface area contributed by atoms with Gasteiger partial charge in [0.25, 0.3) is 5.91 Å². The van der Waals surface area contributed by atoms with Crippen LogP contribution in [0.15, 0.2) is 53.1 Å². The number of hydrogen-bond donors (Lipinski definition) is 2. The summed E-state index contributed by atoms with van der Waals surface area (Å²) in [7, 11) is 0. The Balaban J connectivity index is 1.81. The Morgan fingerprint density at radius 3 is 2.65 bits per heavy atom. The topological polar surface area (TPSA) is 75.4 Å². The minimum atomic E-state index is -0.463. The van der Waals surface area contributed by atoms with Crippen LogP contribution in [0.3, 0.4) is 0 Å². The molecule has 2 N–H and O–H groups in total. The van der Waals surface area contributed by atoms with E-state index in [-0.39, 0.29) is 11.4 Å². The maximum Gasteiger partial charge on any atom is 0.277 e. The fourth-order valence-corrected chi connectivity index (χ4v) is 2.19. The molecule has 6 heteroatoms. The summed E-state index contributed by atoms with van der Waals surface area (Å²) < 4.78 is 5.19. The molecule has 5 nitrogen and oxygen atoms in total. The highest BCUT2D eigenvalue weighted by atomic mass is 35.5. The summed E-state index contributed by atoms with van der Waals surface area (Å²) in [6, 6.07) is 13.5. The van der Waals surface area contributed by atoms with Gasteiger partial charge in [0.05, 0.1) is 5.69 Å². The summed E-state index contributed by atoms with van der Waals surface area (Å²) in [5.41, 5.74) is 2.13. The minimum Gasteiger partial charge on any atom is -0.506 e. The number of halogens is 1. The molecular weight excluding hydrogens is 316 g/mol. The molecule has 0 bridgehead atoms. The number of nitrogens with zero attached hydrogens (tertiary/aromatic N) is 1. The van der Waals surface area contributed by atoms with Crippen LogP contribution < -0.4 is 5.32 Å². The minimum absolute atomic E-state index is 0.00892. The number of phenolic OH excluding ortho intramolecular Hbond substituents is 1. The van der Waals surface area contributed by atoms with Gasteiger partial charge in [-0.05, 0) is 48.9 Å². The Hall–Kier alpha value is -2.79. The summed E-state index contributed by atoms with van der Waals surface area (Å²) in [4.78, 5) is 12.2. The van der Waals surface area contributed by atoms with Crippen molar-refractivity contribution in [3.8, 4) is 17.1 Å². The first kappa shape index (κ1) is 15.1. The number of benzene rings is 2. The van der Waals surface area contributed by atoms with Crippen molar-refractivity contribution in [3.63, 3.8) is 0 Å². The second kappa shape index (κ2) is 6.14. The molecular formula is C17H13ClN2O3. The van der Waals surface area contributed by atoms with Gasteiger partial charge in [-0.3, -0.25) is 4.79 Å². The van der Waals surface area contributed by atoms with E-state index < -0.39 is 5.91 Å². The number of rotatable bonds is 3. The lowest BCUT2D eigenvalue weighted by molar-refractivity contribution is 0.101. The average molecular weight is 329 g/mol. The number of carbonyl (C=O) groups excluding carboxylic acids is 1. The second-order valence-electron chi connectivity index (χ2n) is 5.06. The number of hydrogen-bond acceptors (Lipinski definition) is 4. The molecule has 0 atom stereocenters. The molecule has 0 saturated heterocycles. The van der Waals surface area contributed by atoms with Gasteiger partial charge in [0.1, 0.15) is 5.75 Å². The van der Waals surface area contributed by atoms with Crippen molar-refractivity contribution < 1.29 is 14.4 Å². The molecule has 23 heavy (non-hydrogen) atoms. The maximum atomic E-state index is 12.2. The zero-order valence-electron chi connectivity index (χ0n) is 12.2. The quantitative estimate of drug-likeness (QED) is 0.704. The molecule has 0 saturated carbocycles. The average Bonchev–Trinajstić information content (AvgIpc) is 3.02. The Morgan fingerprint density at radius 2 is 1.91 bits per heavy atom. The van der Waals surface area contributed by atoms with E-state index in [2.05, 4.69) is 10.5 Å². The van der Waals surface area contributed by atoms with Crippen LogP contribution in [0, 0.1) is 6.92 Å². The third-order valence-electron chi connectivity index (χ3n) is 3.27. The summed E-state index contributed by atoms with van der Waals surface area (Å²) in [5, 5.41) is 16.8. The van der Waals surface area contributed by atoms with Crippen molar-refractivity contribution in [2.24, 2.45) is 0 Å². The van der Waals surface area contributed by atoms with Crippen molar-refractivity contribution in [3.05, 3.63) is 64.8 Å². The first-order chi connectivity index (χ1) is 11.0. The second-order valence-corrected chi connectivity index (χ2v) is 5.49. The van der Waals surface area contributed by atoms with Crippen LogP contribution in [0.4, 0.5) is 5.69 Å². The number of anilines is 1. The smallest absolute Gasteiger partial charge is 0.277 e. The monoisotopic (exact) mass is 328 g/mol. The molecule has 2 aromatic carbocycles. The lowest BCUT2D eigenvalue weighted by atomic mass is 10.1. The first-order valence-corrected chi connectivity index (χ1v) is 7.24. The van der Waals surface area contributed by atoms with Gasteiger partial charge >= 0.3 is 0 Å². The van der Waals surface area contributed by atoms with Crippen molar-refractivity contribution in [2.75, 3.05) is 5.32 Å². The zero-order valence-corrected chi connectivity index (χ0v) is 13.0. The molecule has 116 valence electrons. The molecule has 0 aliphatic heterocycles. The van der Waals surface area contributed by atoms with Crippen LogP contribution in [0.25, 0.3) is 11.3 Å². The fraction of sp³-hybridized carbons (Fsp3) is 0.0588. The van der Waals surface area contributed by atoms with E-state index >= 15 is 0 Å². The third-order valence-corrected chi connectivity index (χ3v) is 3.52. The summed E-state index contributed by atoms with van der Waals surface area (Å²) in [6.07, 6.45) is 0. The van der Waals surface area contributed by atoms with E-state index in [1.165, 1.54) is 12.1 Å². The Kier molecular flexibility index (Phi) is 4.04. The van der Waals surface area contributed by atoms with Crippen molar-refractivity contribution >= 4 is 23.2 Å². The van der Waals surface area contributed by atoms with Gasteiger partial charge in [0, 0.05) is 16.7 Å². The van der Waals surface area contributed by atoms with E-state index in [4.69, 9.17) is 16.1 Å². The van der Waals surface area contributed by atoms with Gasteiger partial charge in [-0.25, -0.2) is 0 Å². The van der Waals surface area contributed by atoms with E-state index in [0.717, 1.165) is 11.1 Å². The number of carbonyl (C=O) groups is 1. The largest absolute Gasteiger partial charge is 0.506 e. The van der Waals surface area contributed by atoms with Crippen LogP contribution in [0.5, 0.6) is 5.75 Å². The number of amides is 1. The number of aromatic hydroxyl groups is 1. The standard InChI is InChI=1S/C17H13ClN2O3/c1-10-2-7-15(21)13(8-10)19-17(22)14-9-16(23-20-14)11-3-5-12(18)6-4-11/h2-9,21H,1H3,(H,19,22). The molecule has 0 radical (unpaired) electrons. The summed E-state index contributed by atoms with van der Waals surface area (Å²) in [5.74, 6) is -0.0134. The predicted molar refractivity (Wildman–Crippen MR) is 87.7 cm³/mol. The van der Waals surface area contributed by atoms with Gasteiger partial charge in [-0.15, -0.1) is 0 Å². The number of nitrogens with one attached hydrogen (secondary N) is 1. The van der Waals surface area contributed by atoms with Gasteiger partial charge in [0.15, 0.2) is 11.5 Å². The number of aryl methyl sites for hydroxylation is 1. The van der Waals surface area contributed by atoms with Crippen LogP contribution >= 0.6 is 11.6 Å². The molecule has 0 fully saturated rings. The molecule has 0 spiro atoms. The summed E-state index contributed by atoms with van der Waals surface area (Å²) >= 11 is 5.84. The molecule has 1 amide bonds. The van der Waals surface area contributed by atoms with Crippen molar-refractivity contribution in [1.29, 1.82) is 0 Å². The van der Waals surface area contributed by atoms with Gasteiger partial charge in [0.2, 0.25) is 0 Å². The Labute approximate surface area is 137 Å². The molecule has 0 unspecified atom stereocenters. The van der Waals surface area contributed by atoms with Crippen LogP contribution in [0.1, 0.15) is 16.1 Å². The van der Waals surface area contributed by atoms with Gasteiger partial charge in [-0.1, -0.05) is 22.8 Å². The maximum absolute atomic E-state index is 12.2. The third kappa shape index (κ3) is 3.35. The highest BCUT2D eigenvalue weighted by Crippen LogP contribution is 2.26. The Morgan fingerprint density at radius 1 is 1.17 bits per heavy atom. The highest BCUT2D eigenvalue weighted by Gasteiger charge is 2.15. The zero-order chi connectivity index (χ0) is 16.4. The molecule has 1 heterocycles. The number of phenols is 1. The first-order valence-electron chi connectivity index (χ1n) is 6.86. The van der Waals surface area contributed by atoms with E-state index in [1.54, 1.807) is 36.4 Å². The van der Waals surface area contributed by atoms with Gasteiger partial charge in [-0.2, -0.15) is 0 Å². The molecule has 0 aliphatic carbocycles. The highest BCUT2D eigenvalue weighted by molar-refractivity contribution is 6.30. The lowest BCUT2D eigenvalue weighted by Gasteiger charge is -2.06. The number of aromatic nitrogens is 1. The SMILES string of the molecule is Cc1ccc(O)c(NC(=O)c2cc(-c3ccc(Cl)cc3)on2)c1. The van der Waals surface area contributed by atoms with Crippen LogP contribution in [-0.4, -0.2) is 16.2 Å². The van der Waals surface area contributed by atoms with Crippen molar-refractivity contribution in [1.82, 2.24) is 5.16 Å².